The van der Waals surface area contributed by atoms with Crippen LogP contribution in [0.15, 0.2) is 24.3 Å². The van der Waals surface area contributed by atoms with E-state index in [0.717, 1.165) is 24.2 Å². The average molecular weight is 365 g/mol. The first kappa shape index (κ1) is 22.0. The smallest absolute Gasteiger partial charge is 0.335 e. The van der Waals surface area contributed by atoms with Crippen molar-refractivity contribution in [2.45, 2.75) is 53.2 Å². The molecule has 0 radical (unpaired) electrons. The second-order valence-corrected chi connectivity index (χ2v) is 6.58. The Kier molecular flexibility index (Phi) is 10.4. The molecule has 0 heterocycles. The Morgan fingerprint density at radius 1 is 1.15 bits per heavy atom. The number of rotatable bonds is 12. The first-order chi connectivity index (χ1) is 12.4. The maximum absolute atomic E-state index is 11.8. The van der Waals surface area contributed by atoms with Gasteiger partial charge in [-0.2, -0.15) is 0 Å². The van der Waals surface area contributed by atoms with Gasteiger partial charge in [-0.05, 0) is 43.4 Å². The fourth-order valence-electron chi connectivity index (χ4n) is 2.02. The molecule has 0 fully saturated rings. The van der Waals surface area contributed by atoms with Gasteiger partial charge >= 0.3 is 5.97 Å². The van der Waals surface area contributed by atoms with E-state index in [0.29, 0.717) is 25.7 Å². The van der Waals surface area contributed by atoms with E-state index < -0.39 is 12.1 Å². The molecule has 0 aromatic heterocycles. The SMILES string of the molecule is CCCOc1cccc(CNC(=O)COC(=O)C(C)OCCC(C)C)c1. The van der Waals surface area contributed by atoms with Crippen molar-refractivity contribution in [1.82, 2.24) is 5.32 Å². The number of amides is 1. The average Bonchev–Trinajstić information content (AvgIpc) is 2.62. The van der Waals surface area contributed by atoms with E-state index in [1.165, 1.54) is 0 Å². The van der Waals surface area contributed by atoms with Gasteiger partial charge in [-0.3, -0.25) is 4.79 Å². The number of hydrogen-bond acceptors (Lipinski definition) is 5. The van der Waals surface area contributed by atoms with Crippen LogP contribution in [0.3, 0.4) is 0 Å². The minimum atomic E-state index is -0.672. The molecule has 0 saturated carbocycles. The molecule has 0 saturated heterocycles. The first-order valence-electron chi connectivity index (χ1n) is 9.19. The first-order valence-corrected chi connectivity index (χ1v) is 9.19. The lowest BCUT2D eigenvalue weighted by Crippen LogP contribution is -2.31. The Morgan fingerprint density at radius 2 is 1.92 bits per heavy atom. The molecule has 0 aliphatic carbocycles. The maximum atomic E-state index is 11.8. The summed E-state index contributed by atoms with van der Waals surface area (Å²) in [6.07, 6.45) is 1.14. The van der Waals surface area contributed by atoms with Crippen LogP contribution in [-0.2, 0) is 25.6 Å². The van der Waals surface area contributed by atoms with Gasteiger partial charge in [-0.1, -0.05) is 32.9 Å². The van der Waals surface area contributed by atoms with Gasteiger partial charge in [-0.25, -0.2) is 4.79 Å². The molecule has 0 spiro atoms. The van der Waals surface area contributed by atoms with E-state index >= 15 is 0 Å². The fraction of sp³-hybridized carbons (Fsp3) is 0.600. The van der Waals surface area contributed by atoms with Gasteiger partial charge in [0.15, 0.2) is 12.7 Å². The molecule has 1 unspecified atom stereocenters. The lowest BCUT2D eigenvalue weighted by Gasteiger charge is -2.13. The molecule has 1 amide bonds. The fourth-order valence-corrected chi connectivity index (χ4v) is 2.02. The van der Waals surface area contributed by atoms with Crippen LogP contribution in [0, 0.1) is 5.92 Å². The van der Waals surface area contributed by atoms with E-state index in [2.05, 4.69) is 19.2 Å². The predicted octanol–water partition coefficient (Wildman–Crippen LogP) is 3.09. The number of ether oxygens (including phenoxy) is 3. The number of carbonyl (C=O) groups excluding carboxylic acids is 2. The third-order valence-electron chi connectivity index (χ3n) is 3.60. The third kappa shape index (κ3) is 9.42. The van der Waals surface area contributed by atoms with Gasteiger partial charge in [0.25, 0.3) is 5.91 Å². The summed E-state index contributed by atoms with van der Waals surface area (Å²) in [5.41, 5.74) is 0.920. The Hall–Kier alpha value is -2.08. The van der Waals surface area contributed by atoms with Crippen LogP contribution in [0.2, 0.25) is 0 Å². The zero-order valence-electron chi connectivity index (χ0n) is 16.2. The van der Waals surface area contributed by atoms with Crippen LogP contribution in [0.25, 0.3) is 0 Å². The van der Waals surface area contributed by atoms with E-state index in [1.54, 1.807) is 6.92 Å². The molecular formula is C20H31NO5. The van der Waals surface area contributed by atoms with Crippen molar-refractivity contribution in [3.8, 4) is 5.75 Å². The van der Waals surface area contributed by atoms with Gasteiger partial charge in [0, 0.05) is 13.2 Å². The molecule has 26 heavy (non-hydrogen) atoms. The number of carbonyl (C=O) groups is 2. The standard InChI is InChI=1S/C20H31NO5/c1-5-10-25-18-8-6-7-17(12-18)13-21-19(22)14-26-20(23)16(4)24-11-9-15(2)3/h6-8,12,15-16H,5,9-11,13-14H2,1-4H3,(H,21,22). The predicted molar refractivity (Wildman–Crippen MR) is 99.9 cm³/mol. The maximum Gasteiger partial charge on any atom is 0.335 e. The number of hydrogen-bond donors (Lipinski definition) is 1. The second kappa shape index (κ2) is 12.3. The minimum absolute atomic E-state index is 0.317. The Labute approximate surface area is 156 Å². The molecule has 0 bridgehead atoms. The molecule has 146 valence electrons. The monoisotopic (exact) mass is 365 g/mol. The van der Waals surface area contributed by atoms with Crippen molar-refractivity contribution < 1.29 is 23.8 Å². The highest BCUT2D eigenvalue weighted by Gasteiger charge is 2.16. The number of benzene rings is 1. The number of esters is 1. The van der Waals surface area contributed by atoms with Crippen LogP contribution in [0.5, 0.6) is 5.75 Å². The quantitative estimate of drug-likeness (QED) is 0.576. The lowest BCUT2D eigenvalue weighted by atomic mass is 10.1. The van der Waals surface area contributed by atoms with Crippen LogP contribution in [0.4, 0.5) is 0 Å². The van der Waals surface area contributed by atoms with Gasteiger partial charge < -0.3 is 19.5 Å². The van der Waals surface area contributed by atoms with Crippen molar-refractivity contribution in [2.24, 2.45) is 5.92 Å². The van der Waals surface area contributed by atoms with E-state index in [1.807, 2.05) is 31.2 Å². The van der Waals surface area contributed by atoms with Crippen LogP contribution in [0.1, 0.15) is 46.1 Å². The summed E-state index contributed by atoms with van der Waals surface area (Å²) in [6, 6.07) is 7.54. The highest BCUT2D eigenvalue weighted by atomic mass is 16.6. The zero-order chi connectivity index (χ0) is 19.4. The Bertz CT molecular complexity index is 559. The van der Waals surface area contributed by atoms with Crippen molar-refractivity contribution in [3.05, 3.63) is 29.8 Å². The Balaban J connectivity index is 2.28. The summed E-state index contributed by atoms with van der Waals surface area (Å²) in [4.78, 5) is 23.6. The summed E-state index contributed by atoms with van der Waals surface area (Å²) < 4.78 is 15.9. The second-order valence-electron chi connectivity index (χ2n) is 6.58. The van der Waals surface area contributed by atoms with Crippen LogP contribution >= 0.6 is 0 Å². The van der Waals surface area contributed by atoms with Gasteiger partial charge in [0.2, 0.25) is 0 Å². The summed E-state index contributed by atoms with van der Waals surface area (Å²) in [6.45, 7) is 9.03. The highest BCUT2D eigenvalue weighted by Crippen LogP contribution is 2.13. The molecule has 6 nitrogen and oxygen atoms in total. The van der Waals surface area contributed by atoms with E-state index in [4.69, 9.17) is 14.2 Å². The third-order valence-corrected chi connectivity index (χ3v) is 3.60. The van der Waals surface area contributed by atoms with Crippen molar-refractivity contribution in [2.75, 3.05) is 19.8 Å². The molecule has 1 atom stereocenters. The summed E-state index contributed by atoms with van der Waals surface area (Å²) >= 11 is 0. The number of nitrogens with one attached hydrogen (secondary N) is 1. The van der Waals surface area contributed by atoms with Crippen molar-refractivity contribution >= 4 is 11.9 Å². The molecule has 0 aliphatic rings. The molecule has 1 rings (SSSR count). The van der Waals surface area contributed by atoms with Gasteiger partial charge in [0.1, 0.15) is 5.75 Å². The van der Waals surface area contributed by atoms with Crippen molar-refractivity contribution in [3.63, 3.8) is 0 Å². The van der Waals surface area contributed by atoms with Gasteiger partial charge in [-0.15, -0.1) is 0 Å². The van der Waals surface area contributed by atoms with Crippen LogP contribution in [-0.4, -0.2) is 37.8 Å². The van der Waals surface area contributed by atoms with Gasteiger partial charge in [0.05, 0.1) is 6.61 Å². The zero-order valence-corrected chi connectivity index (χ0v) is 16.2. The largest absolute Gasteiger partial charge is 0.494 e. The summed E-state index contributed by atoms with van der Waals surface area (Å²) in [7, 11) is 0. The van der Waals surface area contributed by atoms with E-state index in [-0.39, 0.29) is 12.5 Å². The molecule has 1 N–H and O–H groups in total. The minimum Gasteiger partial charge on any atom is -0.494 e. The highest BCUT2D eigenvalue weighted by molar-refractivity contribution is 5.81. The summed E-state index contributed by atoms with van der Waals surface area (Å²) in [5, 5.41) is 2.72. The normalized spacial score (nSPS) is 11.9. The lowest BCUT2D eigenvalue weighted by molar-refractivity contribution is -0.159. The molecule has 0 aliphatic heterocycles. The Morgan fingerprint density at radius 3 is 2.62 bits per heavy atom. The molecule has 6 heteroatoms. The molecule has 1 aromatic carbocycles. The van der Waals surface area contributed by atoms with Crippen molar-refractivity contribution in [1.29, 1.82) is 0 Å². The van der Waals surface area contributed by atoms with E-state index in [9.17, 15) is 9.59 Å². The molecule has 1 aromatic rings. The van der Waals surface area contributed by atoms with Crippen LogP contribution < -0.4 is 10.1 Å². The topological polar surface area (TPSA) is 73.9 Å². The summed E-state index contributed by atoms with van der Waals surface area (Å²) in [5.74, 6) is 0.402. The molecular weight excluding hydrogens is 334 g/mol.